The summed E-state index contributed by atoms with van der Waals surface area (Å²) in [5, 5.41) is 13.0. The van der Waals surface area contributed by atoms with Crippen molar-refractivity contribution in [1.29, 1.82) is 0 Å². The summed E-state index contributed by atoms with van der Waals surface area (Å²) < 4.78 is 3.38. The molecule has 0 aromatic carbocycles. The van der Waals surface area contributed by atoms with E-state index in [1.165, 1.54) is 9.36 Å². The molecule has 20 heavy (non-hydrogen) atoms. The van der Waals surface area contributed by atoms with Crippen LogP contribution in [0.4, 0.5) is 0 Å². The van der Waals surface area contributed by atoms with Crippen molar-refractivity contribution < 1.29 is 0 Å². The first-order chi connectivity index (χ1) is 9.72. The minimum Gasteiger partial charge on any atom is -0.292 e. The van der Waals surface area contributed by atoms with Crippen LogP contribution in [-0.2, 0) is 13.6 Å². The topological polar surface area (TPSA) is 83.4 Å². The molecule has 1 aliphatic rings. The van der Waals surface area contributed by atoms with Crippen LogP contribution >= 0.6 is 0 Å². The molecular formula is C12H13N7O. The Morgan fingerprint density at radius 2 is 2.15 bits per heavy atom. The predicted octanol–water partition coefficient (Wildman–Crippen LogP) is 0.105. The average molecular weight is 271 g/mol. The van der Waals surface area contributed by atoms with Gasteiger partial charge in [-0.25, -0.2) is 9.67 Å². The highest BCUT2D eigenvalue weighted by Crippen LogP contribution is 2.35. The summed E-state index contributed by atoms with van der Waals surface area (Å²) in [7, 11) is 1.74. The van der Waals surface area contributed by atoms with Gasteiger partial charge in [0.1, 0.15) is 17.4 Å². The molecule has 8 heteroatoms. The lowest BCUT2D eigenvalue weighted by Crippen LogP contribution is -2.21. The van der Waals surface area contributed by atoms with Gasteiger partial charge in [-0.2, -0.15) is 20.1 Å². The Labute approximate surface area is 113 Å². The lowest BCUT2D eigenvalue weighted by Gasteiger charge is -2.03. The molecule has 8 nitrogen and oxygen atoms in total. The molecule has 4 rings (SSSR count). The molecule has 1 fully saturated rings. The van der Waals surface area contributed by atoms with E-state index in [-0.39, 0.29) is 5.56 Å². The molecule has 1 aliphatic carbocycles. The summed E-state index contributed by atoms with van der Waals surface area (Å²) in [5.41, 5.74) is 1.31. The van der Waals surface area contributed by atoms with Crippen LogP contribution < -0.4 is 5.56 Å². The number of rotatable bonds is 3. The monoisotopic (exact) mass is 271 g/mol. The molecule has 0 atom stereocenters. The van der Waals surface area contributed by atoms with Gasteiger partial charge in [0, 0.05) is 7.05 Å². The first kappa shape index (κ1) is 11.3. The summed E-state index contributed by atoms with van der Waals surface area (Å²) in [6, 6.07) is 0.412. The first-order valence-corrected chi connectivity index (χ1v) is 6.50. The maximum absolute atomic E-state index is 12.4. The third-order valence-corrected chi connectivity index (χ3v) is 3.45. The summed E-state index contributed by atoms with van der Waals surface area (Å²) >= 11 is 0. The van der Waals surface area contributed by atoms with Gasteiger partial charge >= 0.3 is 0 Å². The van der Waals surface area contributed by atoms with Gasteiger partial charge in [0.2, 0.25) is 0 Å². The van der Waals surface area contributed by atoms with E-state index >= 15 is 0 Å². The van der Waals surface area contributed by atoms with E-state index in [2.05, 4.69) is 20.3 Å². The van der Waals surface area contributed by atoms with Crippen molar-refractivity contribution in [2.75, 3.05) is 0 Å². The highest BCUT2D eigenvalue weighted by molar-refractivity contribution is 5.73. The van der Waals surface area contributed by atoms with Gasteiger partial charge in [0.05, 0.1) is 25.0 Å². The normalized spacial score (nSPS) is 15.1. The molecule has 0 saturated heterocycles. The molecule has 0 radical (unpaired) electrons. The van der Waals surface area contributed by atoms with Crippen LogP contribution in [0, 0.1) is 0 Å². The molecule has 0 amide bonds. The van der Waals surface area contributed by atoms with Gasteiger partial charge < -0.3 is 0 Å². The van der Waals surface area contributed by atoms with Gasteiger partial charge in [0.15, 0.2) is 5.65 Å². The van der Waals surface area contributed by atoms with Gasteiger partial charge in [-0.05, 0) is 12.8 Å². The van der Waals surface area contributed by atoms with E-state index in [1.807, 2.05) is 4.68 Å². The van der Waals surface area contributed by atoms with Crippen LogP contribution in [0.3, 0.4) is 0 Å². The number of aryl methyl sites for hydroxylation is 1. The number of nitrogens with zero attached hydrogens (tertiary/aromatic N) is 7. The Balaban J connectivity index is 1.77. The minimum atomic E-state index is -0.0902. The number of fused-ring (bicyclic) bond motifs is 1. The molecule has 102 valence electrons. The molecule has 0 bridgehead atoms. The van der Waals surface area contributed by atoms with E-state index in [9.17, 15) is 4.79 Å². The van der Waals surface area contributed by atoms with E-state index in [4.69, 9.17) is 0 Å². The smallest absolute Gasteiger partial charge is 0.264 e. The number of hydrogen-bond donors (Lipinski definition) is 0. The second-order valence-corrected chi connectivity index (χ2v) is 5.06. The van der Waals surface area contributed by atoms with Crippen LogP contribution in [-0.4, -0.2) is 34.3 Å². The molecule has 0 unspecified atom stereocenters. The quantitative estimate of drug-likeness (QED) is 0.675. The fraction of sp³-hybridized carbons (Fsp3) is 0.417. The zero-order valence-corrected chi connectivity index (χ0v) is 11.0. The Kier molecular flexibility index (Phi) is 2.26. The first-order valence-electron chi connectivity index (χ1n) is 6.50. The third-order valence-electron chi connectivity index (χ3n) is 3.45. The van der Waals surface area contributed by atoms with Gasteiger partial charge in [-0.3, -0.25) is 9.36 Å². The summed E-state index contributed by atoms with van der Waals surface area (Å²) in [4.78, 5) is 18.3. The minimum absolute atomic E-state index is 0.0902. The highest BCUT2D eigenvalue weighted by atomic mass is 16.1. The molecule has 0 N–H and O–H groups in total. The van der Waals surface area contributed by atoms with Gasteiger partial charge in [-0.15, -0.1) is 0 Å². The van der Waals surface area contributed by atoms with Crippen molar-refractivity contribution in [2.24, 2.45) is 7.05 Å². The summed E-state index contributed by atoms with van der Waals surface area (Å²) in [5.74, 6) is 0. The second-order valence-electron chi connectivity index (χ2n) is 5.06. The standard InChI is InChI=1S/C12H13N7O/c1-17-14-4-8(16-17)6-18-7-13-11-10(12(18)20)5-15-19(11)9-2-3-9/h4-5,7,9H,2-3,6H2,1H3. The summed E-state index contributed by atoms with van der Waals surface area (Å²) in [6.07, 6.45) is 7.03. The SMILES string of the molecule is Cn1ncc(Cn2cnc3c(cnn3C3CC3)c2=O)n1. The molecule has 3 aromatic rings. The zero-order valence-electron chi connectivity index (χ0n) is 11.0. The van der Waals surface area contributed by atoms with Crippen LogP contribution in [0.2, 0.25) is 0 Å². The van der Waals surface area contributed by atoms with Crippen molar-refractivity contribution in [2.45, 2.75) is 25.4 Å². The third kappa shape index (κ3) is 1.72. The number of hydrogen-bond acceptors (Lipinski definition) is 5. The zero-order chi connectivity index (χ0) is 13.7. The van der Waals surface area contributed by atoms with Gasteiger partial charge in [-0.1, -0.05) is 0 Å². The fourth-order valence-electron chi connectivity index (χ4n) is 2.30. The average Bonchev–Trinajstić information content (AvgIpc) is 3.05. The Bertz CT molecular complexity index is 839. The maximum Gasteiger partial charge on any atom is 0.264 e. The van der Waals surface area contributed by atoms with Crippen molar-refractivity contribution in [3.05, 3.63) is 34.8 Å². The Hall–Kier alpha value is -2.51. The molecule has 3 heterocycles. The maximum atomic E-state index is 12.4. The van der Waals surface area contributed by atoms with Crippen molar-refractivity contribution >= 4 is 11.0 Å². The van der Waals surface area contributed by atoms with E-state index in [1.54, 1.807) is 25.8 Å². The number of aromatic nitrogens is 7. The van der Waals surface area contributed by atoms with Crippen molar-refractivity contribution in [3.8, 4) is 0 Å². The van der Waals surface area contributed by atoms with Crippen molar-refractivity contribution in [1.82, 2.24) is 34.3 Å². The van der Waals surface area contributed by atoms with Crippen LogP contribution in [0.15, 0.2) is 23.5 Å². The second kappa shape index (κ2) is 3.99. The molecule has 3 aromatic heterocycles. The molecular weight excluding hydrogens is 258 g/mol. The highest BCUT2D eigenvalue weighted by Gasteiger charge is 2.27. The van der Waals surface area contributed by atoms with E-state index in [0.717, 1.165) is 18.5 Å². The predicted molar refractivity (Wildman–Crippen MR) is 70.2 cm³/mol. The van der Waals surface area contributed by atoms with E-state index < -0.39 is 0 Å². The van der Waals surface area contributed by atoms with Gasteiger partial charge in [0.25, 0.3) is 5.56 Å². The summed E-state index contributed by atoms with van der Waals surface area (Å²) in [6.45, 7) is 0.365. The van der Waals surface area contributed by atoms with Crippen LogP contribution in [0.25, 0.3) is 11.0 Å². The lowest BCUT2D eigenvalue weighted by atomic mass is 10.4. The van der Waals surface area contributed by atoms with Crippen LogP contribution in [0.5, 0.6) is 0 Å². The molecule has 0 spiro atoms. The Morgan fingerprint density at radius 1 is 1.30 bits per heavy atom. The van der Waals surface area contributed by atoms with Crippen molar-refractivity contribution in [3.63, 3.8) is 0 Å². The largest absolute Gasteiger partial charge is 0.292 e. The molecule has 1 saturated carbocycles. The molecule has 0 aliphatic heterocycles. The fourth-order valence-corrected chi connectivity index (χ4v) is 2.30. The lowest BCUT2D eigenvalue weighted by molar-refractivity contribution is 0.630. The van der Waals surface area contributed by atoms with E-state index in [0.29, 0.717) is 23.6 Å². The van der Waals surface area contributed by atoms with Crippen LogP contribution in [0.1, 0.15) is 24.6 Å². The Morgan fingerprint density at radius 3 is 2.85 bits per heavy atom.